The fraction of sp³-hybridized carbons (Fsp3) is 0.167. The number of rotatable bonds is 2. The number of carbonyl (C=O) groups is 1. The van der Waals surface area contributed by atoms with Gasteiger partial charge in [0.1, 0.15) is 5.75 Å². The number of nitrogens with one attached hydrogen (secondary N) is 2. The number of aromatic hydroxyl groups is 1. The number of hydrogen-bond donors (Lipinski definition) is 4. The molecule has 5 nitrogen and oxygen atoms in total. The molecule has 1 aromatic carbocycles. The van der Waals surface area contributed by atoms with Gasteiger partial charge in [0.15, 0.2) is 5.11 Å². The van der Waals surface area contributed by atoms with Crippen LogP contribution in [0.2, 0.25) is 0 Å². The van der Waals surface area contributed by atoms with Crippen LogP contribution in [0.3, 0.4) is 0 Å². The van der Waals surface area contributed by atoms with E-state index in [1.165, 1.54) is 0 Å². The van der Waals surface area contributed by atoms with Crippen LogP contribution in [0.25, 0.3) is 0 Å². The Morgan fingerprint density at radius 2 is 2.22 bits per heavy atom. The van der Waals surface area contributed by atoms with E-state index in [-0.39, 0.29) is 5.75 Å². The smallest absolute Gasteiger partial charge is 0.248 e. The van der Waals surface area contributed by atoms with Crippen molar-refractivity contribution in [1.29, 1.82) is 0 Å². The molecular weight excluding hydrogens is 250 g/mol. The first kappa shape index (κ1) is 12.4. The van der Waals surface area contributed by atoms with E-state index in [4.69, 9.17) is 18.0 Å². The number of amides is 1. The molecule has 18 heavy (non-hydrogen) atoms. The zero-order valence-electron chi connectivity index (χ0n) is 9.73. The minimum absolute atomic E-state index is 0.125. The summed E-state index contributed by atoms with van der Waals surface area (Å²) in [7, 11) is 0. The van der Waals surface area contributed by atoms with Gasteiger partial charge in [-0.15, -0.1) is 0 Å². The second kappa shape index (κ2) is 4.66. The molecule has 1 aromatic rings. The summed E-state index contributed by atoms with van der Waals surface area (Å²) in [5, 5.41) is 15.7. The molecule has 1 atom stereocenters. The molecule has 1 aliphatic heterocycles. The summed E-state index contributed by atoms with van der Waals surface area (Å²) in [5.74, 6) is -0.399. The van der Waals surface area contributed by atoms with E-state index in [1.54, 1.807) is 31.2 Å². The van der Waals surface area contributed by atoms with Gasteiger partial charge in [-0.25, -0.2) is 0 Å². The van der Waals surface area contributed by atoms with Gasteiger partial charge in [0.25, 0.3) is 0 Å². The molecule has 1 amide bonds. The van der Waals surface area contributed by atoms with E-state index in [1.807, 2.05) is 0 Å². The van der Waals surface area contributed by atoms with Crippen LogP contribution >= 0.6 is 12.2 Å². The van der Waals surface area contributed by atoms with Crippen LogP contribution < -0.4 is 16.4 Å². The fourth-order valence-corrected chi connectivity index (χ4v) is 2.25. The predicted molar refractivity (Wildman–Crippen MR) is 71.6 cm³/mol. The van der Waals surface area contributed by atoms with Crippen molar-refractivity contribution in [2.45, 2.75) is 13.0 Å². The second-order valence-electron chi connectivity index (χ2n) is 4.03. The summed E-state index contributed by atoms with van der Waals surface area (Å²) in [4.78, 5) is 11.5. The molecule has 0 saturated heterocycles. The molecule has 0 aliphatic carbocycles. The van der Waals surface area contributed by atoms with Gasteiger partial charge in [-0.05, 0) is 36.8 Å². The average Bonchev–Trinajstić information content (AvgIpc) is 2.27. The van der Waals surface area contributed by atoms with Gasteiger partial charge in [-0.3, -0.25) is 4.79 Å². The molecule has 0 spiro atoms. The maximum absolute atomic E-state index is 11.5. The van der Waals surface area contributed by atoms with Gasteiger partial charge in [-0.2, -0.15) is 0 Å². The monoisotopic (exact) mass is 263 g/mol. The molecule has 0 fully saturated rings. The van der Waals surface area contributed by atoms with Crippen molar-refractivity contribution in [1.82, 2.24) is 10.6 Å². The Kier molecular flexibility index (Phi) is 3.20. The van der Waals surface area contributed by atoms with Gasteiger partial charge in [0.05, 0.1) is 11.6 Å². The lowest BCUT2D eigenvalue weighted by Gasteiger charge is -2.29. The number of phenols is 1. The summed E-state index contributed by atoms with van der Waals surface area (Å²) in [6.45, 7) is 1.74. The number of allylic oxidation sites excluding steroid dienone is 1. The highest BCUT2D eigenvalue weighted by molar-refractivity contribution is 7.80. The maximum atomic E-state index is 11.5. The molecule has 0 saturated carbocycles. The molecule has 0 radical (unpaired) electrons. The quantitative estimate of drug-likeness (QED) is 0.589. The molecule has 94 valence electrons. The van der Waals surface area contributed by atoms with E-state index < -0.39 is 11.9 Å². The van der Waals surface area contributed by atoms with E-state index >= 15 is 0 Å². The summed E-state index contributed by atoms with van der Waals surface area (Å²) in [6, 6.07) is 6.18. The van der Waals surface area contributed by atoms with Gasteiger partial charge in [-0.1, -0.05) is 12.1 Å². The van der Waals surface area contributed by atoms with Crippen molar-refractivity contribution in [2.75, 3.05) is 0 Å². The highest BCUT2D eigenvalue weighted by Gasteiger charge is 2.28. The third-order valence-corrected chi connectivity index (χ3v) is 2.96. The number of thiocarbonyl (C=S) groups is 1. The first-order valence-electron chi connectivity index (χ1n) is 5.36. The minimum atomic E-state index is -0.525. The van der Waals surface area contributed by atoms with Crippen LogP contribution in [0.15, 0.2) is 35.5 Å². The van der Waals surface area contributed by atoms with Crippen LogP contribution in [0.1, 0.15) is 18.5 Å². The van der Waals surface area contributed by atoms with E-state index in [0.29, 0.717) is 16.4 Å². The minimum Gasteiger partial charge on any atom is -0.508 e. The van der Waals surface area contributed by atoms with E-state index in [9.17, 15) is 9.90 Å². The van der Waals surface area contributed by atoms with Gasteiger partial charge in [0, 0.05) is 5.70 Å². The molecule has 1 heterocycles. The highest BCUT2D eigenvalue weighted by atomic mass is 32.1. The zero-order valence-corrected chi connectivity index (χ0v) is 10.5. The van der Waals surface area contributed by atoms with Crippen molar-refractivity contribution in [3.8, 4) is 5.75 Å². The number of nitrogens with two attached hydrogens (primary N) is 1. The van der Waals surface area contributed by atoms with E-state index in [2.05, 4.69) is 10.6 Å². The Morgan fingerprint density at radius 3 is 2.83 bits per heavy atom. The molecule has 0 bridgehead atoms. The van der Waals surface area contributed by atoms with Gasteiger partial charge < -0.3 is 21.5 Å². The first-order chi connectivity index (χ1) is 8.49. The predicted octanol–water partition coefficient (Wildman–Crippen LogP) is 0.670. The largest absolute Gasteiger partial charge is 0.508 e. The third-order valence-electron chi connectivity index (χ3n) is 2.74. The lowest BCUT2D eigenvalue weighted by Crippen LogP contribution is -2.46. The lowest BCUT2D eigenvalue weighted by atomic mass is 9.95. The van der Waals surface area contributed by atoms with Crippen molar-refractivity contribution in [3.05, 3.63) is 41.1 Å². The van der Waals surface area contributed by atoms with Crippen LogP contribution in [-0.2, 0) is 4.79 Å². The van der Waals surface area contributed by atoms with Crippen molar-refractivity contribution in [3.63, 3.8) is 0 Å². The number of primary amides is 1. The van der Waals surface area contributed by atoms with E-state index in [0.717, 1.165) is 5.56 Å². The average molecular weight is 263 g/mol. The fourth-order valence-electron chi connectivity index (χ4n) is 1.97. The molecule has 0 unspecified atom stereocenters. The summed E-state index contributed by atoms with van der Waals surface area (Å²) in [6.07, 6.45) is 0. The molecule has 0 aromatic heterocycles. The normalized spacial score (nSPS) is 19.2. The Bertz CT molecular complexity index is 554. The number of phenolic OH excluding ortho intramolecular Hbond substituents is 1. The second-order valence-corrected chi connectivity index (χ2v) is 4.44. The topological polar surface area (TPSA) is 87.4 Å². The zero-order chi connectivity index (χ0) is 13.3. The Balaban J connectivity index is 2.50. The van der Waals surface area contributed by atoms with Crippen LogP contribution in [0.5, 0.6) is 5.75 Å². The van der Waals surface area contributed by atoms with Crippen LogP contribution in [0.4, 0.5) is 0 Å². The third kappa shape index (κ3) is 2.28. The number of hydrogen-bond acceptors (Lipinski definition) is 3. The Labute approximate surface area is 110 Å². The molecule has 2 rings (SSSR count). The molecular formula is C12H13N3O2S. The standard InChI is InChI=1S/C12H13N3O2S/c1-6-9(11(13)17)10(15-12(18)14-6)7-3-2-4-8(16)5-7/h2-5,10,16H,1H3,(H2,13,17)(H2,14,15,18)/t10-/m1/s1. The molecule has 5 N–H and O–H groups in total. The Hall–Kier alpha value is -2.08. The van der Waals surface area contributed by atoms with Crippen molar-refractivity contribution in [2.24, 2.45) is 5.73 Å². The number of benzene rings is 1. The summed E-state index contributed by atoms with van der Waals surface area (Å²) >= 11 is 5.06. The first-order valence-corrected chi connectivity index (χ1v) is 5.77. The van der Waals surface area contributed by atoms with Gasteiger partial charge in [0.2, 0.25) is 5.91 Å². The Morgan fingerprint density at radius 1 is 1.50 bits per heavy atom. The molecule has 6 heteroatoms. The number of carbonyl (C=O) groups excluding carboxylic acids is 1. The maximum Gasteiger partial charge on any atom is 0.248 e. The SMILES string of the molecule is CC1=C(C(N)=O)[C@@H](c2cccc(O)c2)NC(=S)N1. The summed E-state index contributed by atoms with van der Waals surface area (Å²) in [5.41, 5.74) is 7.15. The van der Waals surface area contributed by atoms with Crippen LogP contribution in [0, 0.1) is 0 Å². The van der Waals surface area contributed by atoms with Crippen molar-refractivity contribution < 1.29 is 9.90 Å². The highest BCUT2D eigenvalue weighted by Crippen LogP contribution is 2.28. The van der Waals surface area contributed by atoms with Crippen LogP contribution in [-0.4, -0.2) is 16.1 Å². The lowest BCUT2D eigenvalue weighted by molar-refractivity contribution is -0.115. The van der Waals surface area contributed by atoms with Crippen molar-refractivity contribution >= 4 is 23.2 Å². The summed E-state index contributed by atoms with van der Waals surface area (Å²) < 4.78 is 0. The molecule has 1 aliphatic rings. The van der Waals surface area contributed by atoms with Gasteiger partial charge >= 0.3 is 0 Å².